The summed E-state index contributed by atoms with van der Waals surface area (Å²) in [7, 11) is 0. The number of pyridine rings is 1. The van der Waals surface area contributed by atoms with Gasteiger partial charge >= 0.3 is 0 Å². The number of halogens is 1. The monoisotopic (exact) mass is 307 g/mol. The fourth-order valence-corrected chi connectivity index (χ4v) is 1.99. The molecule has 0 amide bonds. The lowest BCUT2D eigenvalue weighted by atomic mass is 10.2. The van der Waals surface area contributed by atoms with E-state index in [2.05, 4.69) is 4.98 Å². The third-order valence-electron chi connectivity index (χ3n) is 2.45. The Morgan fingerprint density at radius 3 is 2.62 bits per heavy atom. The van der Waals surface area contributed by atoms with Crippen molar-refractivity contribution in [3.05, 3.63) is 47.9 Å². The number of benzene rings is 1. The van der Waals surface area contributed by atoms with E-state index in [1.165, 1.54) is 6.92 Å². The third kappa shape index (κ3) is 4.86. The molecule has 0 aliphatic rings. The van der Waals surface area contributed by atoms with E-state index in [4.69, 9.17) is 4.74 Å². The Kier molecular flexibility index (Phi) is 6.88. The van der Waals surface area contributed by atoms with Crippen LogP contribution in [0.15, 0.2) is 41.4 Å². The van der Waals surface area contributed by atoms with E-state index in [1.54, 1.807) is 17.8 Å². The van der Waals surface area contributed by atoms with Crippen molar-refractivity contribution in [2.45, 2.75) is 25.7 Å². The van der Waals surface area contributed by atoms with Crippen LogP contribution in [0.1, 0.15) is 31.1 Å². The smallest absolute Gasteiger partial charge is 0.230 e. The molecule has 0 unspecified atom stereocenters. The number of aromatic nitrogens is 1. The second-order valence-corrected chi connectivity index (χ2v) is 4.72. The fourth-order valence-electron chi connectivity index (χ4n) is 1.54. The number of Topliss-reactive ketones (excluding diaryl/α,β-unsaturated/α-hetero) is 1. The van der Waals surface area contributed by atoms with Crippen molar-refractivity contribution in [3.8, 4) is 11.6 Å². The highest BCUT2D eigenvalue weighted by atomic mass is 32.2. The highest BCUT2D eigenvalue weighted by Crippen LogP contribution is 2.27. The van der Waals surface area contributed by atoms with Crippen molar-refractivity contribution in [3.63, 3.8) is 0 Å². The SMILES string of the molecule is CC.CSc1cccc(Oc2ncc(F)cc2C(C)=O)c1. The molecule has 112 valence electrons. The van der Waals surface area contributed by atoms with Crippen molar-refractivity contribution in [1.82, 2.24) is 4.98 Å². The summed E-state index contributed by atoms with van der Waals surface area (Å²) in [4.78, 5) is 16.3. The molecule has 0 saturated heterocycles. The third-order valence-corrected chi connectivity index (χ3v) is 3.18. The number of nitrogens with zero attached hydrogens (tertiary/aromatic N) is 1. The van der Waals surface area contributed by atoms with Crippen LogP contribution in [0.25, 0.3) is 0 Å². The number of ketones is 1. The van der Waals surface area contributed by atoms with Gasteiger partial charge in [-0.25, -0.2) is 9.37 Å². The van der Waals surface area contributed by atoms with E-state index >= 15 is 0 Å². The van der Waals surface area contributed by atoms with Crippen LogP contribution in [-0.4, -0.2) is 17.0 Å². The Balaban J connectivity index is 0.00000106. The molecule has 1 aromatic carbocycles. The van der Waals surface area contributed by atoms with Crippen LogP contribution in [0.2, 0.25) is 0 Å². The molecule has 0 atom stereocenters. The van der Waals surface area contributed by atoms with Gasteiger partial charge in [0.2, 0.25) is 5.88 Å². The number of rotatable bonds is 4. The Labute approximate surface area is 128 Å². The molecule has 3 nitrogen and oxygen atoms in total. The van der Waals surface area contributed by atoms with Gasteiger partial charge in [-0.2, -0.15) is 0 Å². The highest BCUT2D eigenvalue weighted by molar-refractivity contribution is 7.98. The summed E-state index contributed by atoms with van der Waals surface area (Å²) in [5.74, 6) is -0.168. The first-order valence-corrected chi connectivity index (χ1v) is 7.81. The lowest BCUT2D eigenvalue weighted by Crippen LogP contribution is -2.00. The van der Waals surface area contributed by atoms with Gasteiger partial charge < -0.3 is 4.74 Å². The minimum absolute atomic E-state index is 0.118. The Hall–Kier alpha value is -1.88. The zero-order valence-electron chi connectivity index (χ0n) is 12.5. The summed E-state index contributed by atoms with van der Waals surface area (Å²) in [5, 5.41) is 0. The van der Waals surface area contributed by atoms with Gasteiger partial charge in [-0.1, -0.05) is 19.9 Å². The maximum Gasteiger partial charge on any atom is 0.230 e. The van der Waals surface area contributed by atoms with Crippen LogP contribution in [0.3, 0.4) is 0 Å². The molecule has 1 heterocycles. The molecule has 0 radical (unpaired) electrons. The number of ether oxygens (including phenoxy) is 1. The molecule has 5 heteroatoms. The summed E-state index contributed by atoms with van der Waals surface area (Å²) in [6, 6.07) is 8.51. The van der Waals surface area contributed by atoms with Gasteiger partial charge in [0.05, 0.1) is 11.8 Å². The first kappa shape index (κ1) is 17.2. The molecular formula is C16H18FNO2S. The van der Waals surface area contributed by atoms with E-state index in [9.17, 15) is 9.18 Å². The fraction of sp³-hybridized carbons (Fsp3) is 0.250. The molecule has 0 aliphatic heterocycles. The zero-order valence-corrected chi connectivity index (χ0v) is 13.3. The summed E-state index contributed by atoms with van der Waals surface area (Å²) >= 11 is 1.58. The summed E-state index contributed by atoms with van der Waals surface area (Å²) in [5.41, 5.74) is 0.134. The summed E-state index contributed by atoms with van der Waals surface area (Å²) in [6.45, 7) is 5.35. The molecule has 21 heavy (non-hydrogen) atoms. The van der Waals surface area contributed by atoms with Crippen LogP contribution in [0, 0.1) is 5.82 Å². The van der Waals surface area contributed by atoms with Crippen molar-refractivity contribution in [2.75, 3.05) is 6.26 Å². The number of thioether (sulfide) groups is 1. The van der Waals surface area contributed by atoms with Gasteiger partial charge in [-0.05, 0) is 37.4 Å². The number of hydrogen-bond acceptors (Lipinski definition) is 4. The highest BCUT2D eigenvalue weighted by Gasteiger charge is 2.12. The van der Waals surface area contributed by atoms with Crippen LogP contribution in [0.5, 0.6) is 11.6 Å². The topological polar surface area (TPSA) is 39.2 Å². The number of carbonyl (C=O) groups excluding carboxylic acids is 1. The van der Waals surface area contributed by atoms with Crippen molar-refractivity contribution in [2.24, 2.45) is 0 Å². The number of hydrogen-bond donors (Lipinski definition) is 0. The molecule has 0 aliphatic carbocycles. The lowest BCUT2D eigenvalue weighted by molar-refractivity contribution is 0.101. The molecule has 1 aromatic heterocycles. The van der Waals surface area contributed by atoms with E-state index in [0.717, 1.165) is 17.2 Å². The first-order chi connectivity index (χ1) is 10.1. The maximum atomic E-state index is 13.1. The molecular weight excluding hydrogens is 289 g/mol. The second-order valence-electron chi connectivity index (χ2n) is 3.84. The Morgan fingerprint density at radius 2 is 2.00 bits per heavy atom. The number of carbonyl (C=O) groups is 1. The van der Waals surface area contributed by atoms with Crippen LogP contribution in [-0.2, 0) is 0 Å². The van der Waals surface area contributed by atoms with Crippen molar-refractivity contribution in [1.29, 1.82) is 0 Å². The second kappa shape index (κ2) is 8.42. The minimum Gasteiger partial charge on any atom is -0.438 e. The quantitative estimate of drug-likeness (QED) is 0.591. The van der Waals surface area contributed by atoms with Gasteiger partial charge in [0.15, 0.2) is 5.78 Å². The molecule has 0 bridgehead atoms. The maximum absolute atomic E-state index is 13.1. The predicted octanol–water partition coefficient (Wildman–Crippen LogP) is 4.96. The van der Waals surface area contributed by atoms with Crippen LogP contribution >= 0.6 is 11.8 Å². The average molecular weight is 307 g/mol. The normalized spacial score (nSPS) is 9.57. The van der Waals surface area contributed by atoms with E-state index in [1.807, 2.05) is 38.3 Å². The lowest BCUT2D eigenvalue weighted by Gasteiger charge is -2.08. The van der Waals surface area contributed by atoms with E-state index in [0.29, 0.717) is 5.75 Å². The van der Waals surface area contributed by atoms with Gasteiger partial charge in [0.25, 0.3) is 0 Å². The summed E-state index contributed by atoms with van der Waals surface area (Å²) in [6.07, 6.45) is 2.98. The van der Waals surface area contributed by atoms with Gasteiger partial charge in [-0.3, -0.25) is 4.79 Å². The molecule has 0 fully saturated rings. The van der Waals surface area contributed by atoms with E-state index in [-0.39, 0.29) is 17.2 Å². The molecule has 0 N–H and O–H groups in total. The first-order valence-electron chi connectivity index (χ1n) is 6.58. The van der Waals surface area contributed by atoms with Crippen molar-refractivity contribution >= 4 is 17.5 Å². The summed E-state index contributed by atoms with van der Waals surface area (Å²) < 4.78 is 18.6. The van der Waals surface area contributed by atoms with Crippen LogP contribution in [0.4, 0.5) is 4.39 Å². The minimum atomic E-state index is -0.560. The van der Waals surface area contributed by atoms with Gasteiger partial charge in [0, 0.05) is 4.90 Å². The molecule has 0 spiro atoms. The Morgan fingerprint density at radius 1 is 1.29 bits per heavy atom. The standard InChI is InChI=1S/C14H12FNO2S.C2H6/c1-9(17)13-6-10(15)8-16-14(13)18-11-4-3-5-12(7-11)19-2;1-2/h3-8H,1-2H3;1-2H3. The average Bonchev–Trinajstić information content (AvgIpc) is 2.51. The largest absolute Gasteiger partial charge is 0.438 e. The van der Waals surface area contributed by atoms with Crippen LogP contribution < -0.4 is 4.74 Å². The molecule has 2 rings (SSSR count). The van der Waals surface area contributed by atoms with Gasteiger partial charge in [0.1, 0.15) is 11.6 Å². The molecule has 2 aromatic rings. The molecule has 0 saturated carbocycles. The van der Waals surface area contributed by atoms with Crippen molar-refractivity contribution < 1.29 is 13.9 Å². The zero-order chi connectivity index (χ0) is 15.8. The van der Waals surface area contributed by atoms with E-state index < -0.39 is 5.82 Å². The predicted molar refractivity (Wildman–Crippen MR) is 83.8 cm³/mol. The van der Waals surface area contributed by atoms with Gasteiger partial charge in [-0.15, -0.1) is 11.8 Å². The Bertz CT molecular complexity index is 617.